The highest BCUT2D eigenvalue weighted by Crippen LogP contribution is 2.19. The fourth-order valence-electron chi connectivity index (χ4n) is 1.80. The normalized spacial score (nSPS) is 10.8. The second-order valence-corrected chi connectivity index (χ2v) is 4.45. The summed E-state index contributed by atoms with van der Waals surface area (Å²) in [5, 5.41) is 17.8. The van der Waals surface area contributed by atoms with E-state index in [0.717, 1.165) is 5.56 Å². The number of pyridine rings is 1. The Balaban J connectivity index is 2.16. The Morgan fingerprint density at radius 1 is 1.32 bits per heavy atom. The monoisotopic (exact) mass is 294 g/mol. The summed E-state index contributed by atoms with van der Waals surface area (Å²) in [4.78, 5) is 14.6. The number of aliphatic carboxylic acids is 1. The number of hydrogen-bond acceptors (Lipinski definition) is 4. The third kappa shape index (κ3) is 4.46. The number of nitrogens with zero attached hydrogens (tertiary/aromatic N) is 2. The molecule has 1 heterocycles. The van der Waals surface area contributed by atoms with Gasteiger partial charge in [-0.15, -0.1) is 0 Å². The topological polar surface area (TPSA) is 83.2 Å². The molecule has 0 aliphatic carbocycles. The molecule has 0 aliphatic rings. The van der Waals surface area contributed by atoms with Gasteiger partial charge in [0, 0.05) is 6.20 Å². The zero-order chi connectivity index (χ0) is 15.8. The largest absolute Gasteiger partial charge is 0.493 e. The molecule has 22 heavy (non-hydrogen) atoms. The fraction of sp³-hybridized carbons (Fsp3) is 0.118. The van der Waals surface area contributed by atoms with Gasteiger partial charge in [0.15, 0.2) is 0 Å². The number of allylic oxidation sites excluding steroid dienone is 1. The first-order valence-electron chi connectivity index (χ1n) is 6.67. The molecule has 1 aromatic carbocycles. The van der Waals surface area contributed by atoms with Crippen molar-refractivity contribution in [2.75, 3.05) is 6.61 Å². The van der Waals surface area contributed by atoms with Crippen molar-refractivity contribution < 1.29 is 14.6 Å². The lowest BCUT2D eigenvalue weighted by Gasteiger charge is -2.05. The molecular weight excluding hydrogens is 280 g/mol. The molecule has 0 bridgehead atoms. The van der Waals surface area contributed by atoms with E-state index < -0.39 is 5.97 Å². The Kier molecular flexibility index (Phi) is 5.27. The van der Waals surface area contributed by atoms with Gasteiger partial charge in [0.25, 0.3) is 0 Å². The van der Waals surface area contributed by atoms with Crippen molar-refractivity contribution in [1.29, 1.82) is 5.26 Å². The van der Waals surface area contributed by atoms with Gasteiger partial charge >= 0.3 is 5.97 Å². The Hall–Kier alpha value is -3.13. The van der Waals surface area contributed by atoms with E-state index in [9.17, 15) is 10.1 Å². The maximum absolute atomic E-state index is 10.5. The minimum Gasteiger partial charge on any atom is -0.493 e. The molecule has 1 aromatic heterocycles. The predicted octanol–water partition coefficient (Wildman–Crippen LogP) is 3.00. The third-order valence-corrected chi connectivity index (χ3v) is 2.82. The van der Waals surface area contributed by atoms with Crippen molar-refractivity contribution in [1.82, 2.24) is 4.98 Å². The Morgan fingerprint density at radius 2 is 2.18 bits per heavy atom. The lowest BCUT2D eigenvalue weighted by Crippen LogP contribution is -2.04. The molecule has 0 atom stereocenters. The highest BCUT2D eigenvalue weighted by molar-refractivity contribution is 5.88. The van der Waals surface area contributed by atoms with E-state index in [1.807, 2.05) is 12.1 Å². The van der Waals surface area contributed by atoms with Crippen LogP contribution in [0.1, 0.15) is 17.7 Å². The SMILES string of the molecule is N#CC(=Cc1cccc(OCCC(=O)O)c1)c1ccccn1. The van der Waals surface area contributed by atoms with Gasteiger partial charge in [-0.2, -0.15) is 5.26 Å². The van der Waals surface area contributed by atoms with Crippen LogP contribution in [0.4, 0.5) is 0 Å². The summed E-state index contributed by atoms with van der Waals surface area (Å²) in [7, 11) is 0. The maximum atomic E-state index is 10.5. The van der Waals surface area contributed by atoms with Crippen LogP contribution in [0.25, 0.3) is 11.6 Å². The van der Waals surface area contributed by atoms with Crippen LogP contribution in [0.3, 0.4) is 0 Å². The van der Waals surface area contributed by atoms with E-state index in [2.05, 4.69) is 11.1 Å². The van der Waals surface area contributed by atoms with E-state index in [1.54, 1.807) is 42.6 Å². The van der Waals surface area contributed by atoms with E-state index in [0.29, 0.717) is 17.0 Å². The quantitative estimate of drug-likeness (QED) is 0.828. The summed E-state index contributed by atoms with van der Waals surface area (Å²) in [5.41, 5.74) is 1.83. The third-order valence-electron chi connectivity index (χ3n) is 2.82. The predicted molar refractivity (Wildman–Crippen MR) is 81.9 cm³/mol. The van der Waals surface area contributed by atoms with Crippen LogP contribution in [0.15, 0.2) is 48.7 Å². The standard InChI is InChI=1S/C17H14N2O3/c18-12-14(16-6-1-2-8-19-16)10-13-4-3-5-15(11-13)22-9-7-17(20)21/h1-6,8,10-11H,7,9H2,(H,20,21). The van der Waals surface area contributed by atoms with Crippen LogP contribution in [0, 0.1) is 11.3 Å². The number of aromatic nitrogens is 1. The fourth-order valence-corrected chi connectivity index (χ4v) is 1.80. The van der Waals surface area contributed by atoms with Gasteiger partial charge in [-0.1, -0.05) is 18.2 Å². The van der Waals surface area contributed by atoms with Crippen LogP contribution in [0.2, 0.25) is 0 Å². The van der Waals surface area contributed by atoms with E-state index >= 15 is 0 Å². The summed E-state index contributed by atoms with van der Waals surface area (Å²) >= 11 is 0. The van der Waals surface area contributed by atoms with Crippen LogP contribution >= 0.6 is 0 Å². The molecule has 0 saturated carbocycles. The maximum Gasteiger partial charge on any atom is 0.306 e. The molecule has 0 radical (unpaired) electrons. The highest BCUT2D eigenvalue weighted by Gasteiger charge is 2.03. The van der Waals surface area contributed by atoms with Gasteiger partial charge in [0.1, 0.15) is 11.8 Å². The number of rotatable bonds is 6. The number of carbonyl (C=O) groups is 1. The smallest absolute Gasteiger partial charge is 0.306 e. The zero-order valence-corrected chi connectivity index (χ0v) is 11.8. The molecule has 0 spiro atoms. The van der Waals surface area contributed by atoms with E-state index in [4.69, 9.17) is 9.84 Å². The van der Waals surface area contributed by atoms with Crippen molar-refractivity contribution in [3.63, 3.8) is 0 Å². The number of carboxylic acids is 1. The molecule has 5 nitrogen and oxygen atoms in total. The van der Waals surface area contributed by atoms with Gasteiger partial charge in [0.2, 0.25) is 0 Å². The van der Waals surface area contributed by atoms with Crippen LogP contribution in [-0.2, 0) is 4.79 Å². The minimum absolute atomic E-state index is 0.0581. The molecule has 0 aliphatic heterocycles. The van der Waals surface area contributed by atoms with Gasteiger partial charge in [-0.05, 0) is 35.9 Å². The van der Waals surface area contributed by atoms with Crippen LogP contribution in [-0.4, -0.2) is 22.7 Å². The summed E-state index contributed by atoms with van der Waals surface area (Å²) in [6.07, 6.45) is 3.29. The summed E-state index contributed by atoms with van der Waals surface area (Å²) in [6.45, 7) is 0.105. The van der Waals surface area contributed by atoms with Crippen LogP contribution in [0.5, 0.6) is 5.75 Å². The van der Waals surface area contributed by atoms with E-state index in [1.165, 1.54) is 0 Å². The van der Waals surface area contributed by atoms with Crippen LogP contribution < -0.4 is 4.74 Å². The van der Waals surface area contributed by atoms with Crippen molar-refractivity contribution in [2.45, 2.75) is 6.42 Å². The number of benzene rings is 1. The second-order valence-electron chi connectivity index (χ2n) is 4.45. The number of hydrogen-bond donors (Lipinski definition) is 1. The molecular formula is C17H14N2O3. The number of ether oxygens (including phenoxy) is 1. The summed E-state index contributed by atoms with van der Waals surface area (Å²) in [5.74, 6) is -0.341. The average molecular weight is 294 g/mol. The zero-order valence-electron chi connectivity index (χ0n) is 11.8. The van der Waals surface area contributed by atoms with Crippen molar-refractivity contribution in [3.8, 4) is 11.8 Å². The minimum atomic E-state index is -0.905. The second kappa shape index (κ2) is 7.60. The van der Waals surface area contributed by atoms with Crippen molar-refractivity contribution in [2.24, 2.45) is 0 Å². The molecule has 0 unspecified atom stereocenters. The summed E-state index contributed by atoms with van der Waals surface area (Å²) < 4.78 is 5.37. The molecule has 1 N–H and O–H groups in total. The molecule has 0 amide bonds. The molecule has 110 valence electrons. The molecule has 2 rings (SSSR count). The van der Waals surface area contributed by atoms with Gasteiger partial charge in [0.05, 0.1) is 24.3 Å². The Bertz CT molecular complexity index is 718. The number of carboxylic acid groups (broad SMARTS) is 1. The molecule has 2 aromatic rings. The molecule has 5 heteroatoms. The van der Waals surface area contributed by atoms with E-state index in [-0.39, 0.29) is 13.0 Å². The van der Waals surface area contributed by atoms with Gasteiger partial charge in [-0.25, -0.2) is 0 Å². The Morgan fingerprint density at radius 3 is 2.86 bits per heavy atom. The highest BCUT2D eigenvalue weighted by atomic mass is 16.5. The number of nitriles is 1. The first-order valence-corrected chi connectivity index (χ1v) is 6.67. The molecule has 0 fully saturated rings. The van der Waals surface area contributed by atoms with Crippen molar-refractivity contribution >= 4 is 17.6 Å². The lowest BCUT2D eigenvalue weighted by molar-refractivity contribution is -0.137. The van der Waals surface area contributed by atoms with Crippen molar-refractivity contribution in [3.05, 3.63) is 59.9 Å². The molecule has 0 saturated heterocycles. The first kappa shape index (κ1) is 15.3. The lowest BCUT2D eigenvalue weighted by atomic mass is 10.1. The average Bonchev–Trinajstić information content (AvgIpc) is 2.53. The van der Waals surface area contributed by atoms with Gasteiger partial charge < -0.3 is 9.84 Å². The Labute approximate surface area is 128 Å². The first-order chi connectivity index (χ1) is 10.7. The summed E-state index contributed by atoms with van der Waals surface area (Å²) in [6, 6.07) is 14.6. The van der Waals surface area contributed by atoms with Gasteiger partial charge in [-0.3, -0.25) is 9.78 Å².